The minimum Gasteiger partial charge on any atom is -0.340 e. The molecule has 27 heavy (non-hydrogen) atoms. The number of aromatic nitrogens is 2. The first-order chi connectivity index (χ1) is 13.1. The van der Waals surface area contributed by atoms with Gasteiger partial charge in [0.25, 0.3) is 5.69 Å². The number of non-ortho nitro benzene ring substituents is 1. The lowest BCUT2D eigenvalue weighted by Gasteiger charge is -2.11. The van der Waals surface area contributed by atoms with Crippen LogP contribution in [0.3, 0.4) is 0 Å². The van der Waals surface area contributed by atoms with Gasteiger partial charge in [0.2, 0.25) is 0 Å². The molecule has 1 N–H and O–H groups in total. The summed E-state index contributed by atoms with van der Waals surface area (Å²) < 4.78 is 1.14. The molecular formula is C20H13IN4O2. The van der Waals surface area contributed by atoms with Gasteiger partial charge in [0.1, 0.15) is 5.82 Å². The molecule has 0 fully saturated rings. The van der Waals surface area contributed by atoms with Crippen LogP contribution in [0.2, 0.25) is 0 Å². The van der Waals surface area contributed by atoms with Crippen molar-refractivity contribution >= 4 is 50.7 Å². The zero-order valence-corrected chi connectivity index (χ0v) is 16.1. The lowest BCUT2D eigenvalue weighted by Crippen LogP contribution is -1.99. The molecular weight excluding hydrogens is 455 g/mol. The summed E-state index contributed by atoms with van der Waals surface area (Å²) in [5.74, 6) is 1.09. The highest BCUT2D eigenvalue weighted by molar-refractivity contribution is 14.1. The minimum absolute atomic E-state index is 0.0106. The molecule has 0 spiro atoms. The number of halogens is 1. The Morgan fingerprint density at radius 2 is 1.70 bits per heavy atom. The third-order valence-corrected chi connectivity index (χ3v) is 4.74. The Hall–Kier alpha value is -3.07. The summed E-state index contributed by atoms with van der Waals surface area (Å²) in [6.07, 6.45) is 0. The van der Waals surface area contributed by atoms with Crippen LogP contribution in [0.15, 0.2) is 72.8 Å². The van der Waals surface area contributed by atoms with E-state index in [9.17, 15) is 10.1 Å². The van der Waals surface area contributed by atoms with E-state index in [1.54, 1.807) is 12.1 Å². The van der Waals surface area contributed by atoms with E-state index < -0.39 is 4.92 Å². The summed E-state index contributed by atoms with van der Waals surface area (Å²) in [5, 5.41) is 15.3. The highest BCUT2D eigenvalue weighted by Crippen LogP contribution is 2.28. The van der Waals surface area contributed by atoms with E-state index in [-0.39, 0.29) is 5.69 Å². The Bertz CT molecular complexity index is 1150. The molecule has 0 saturated heterocycles. The Labute approximate surface area is 168 Å². The van der Waals surface area contributed by atoms with Crippen molar-refractivity contribution in [3.05, 3.63) is 86.5 Å². The zero-order chi connectivity index (χ0) is 18.8. The predicted octanol–water partition coefficient (Wildman–Crippen LogP) is 5.55. The molecule has 132 valence electrons. The zero-order valence-electron chi connectivity index (χ0n) is 14.0. The Morgan fingerprint density at radius 3 is 2.48 bits per heavy atom. The fourth-order valence-electron chi connectivity index (χ4n) is 2.73. The number of nitrogens with zero attached hydrogens (tertiary/aromatic N) is 3. The summed E-state index contributed by atoms with van der Waals surface area (Å²) in [6, 6.07) is 22.0. The van der Waals surface area contributed by atoms with Crippen LogP contribution in [0.5, 0.6) is 0 Å². The van der Waals surface area contributed by atoms with Gasteiger partial charge in [-0.3, -0.25) is 10.1 Å². The number of hydrogen-bond donors (Lipinski definition) is 1. The largest absolute Gasteiger partial charge is 0.340 e. The van der Waals surface area contributed by atoms with Gasteiger partial charge < -0.3 is 5.32 Å². The third kappa shape index (κ3) is 3.72. The second-order valence-electron chi connectivity index (χ2n) is 5.85. The molecule has 0 radical (unpaired) electrons. The average molecular weight is 468 g/mol. The first-order valence-electron chi connectivity index (χ1n) is 8.14. The number of hydrogen-bond acceptors (Lipinski definition) is 5. The molecule has 4 rings (SSSR count). The van der Waals surface area contributed by atoms with Crippen molar-refractivity contribution < 1.29 is 4.92 Å². The number of benzene rings is 3. The molecule has 6 nitrogen and oxygen atoms in total. The van der Waals surface area contributed by atoms with Crippen LogP contribution in [0.25, 0.3) is 22.3 Å². The van der Waals surface area contributed by atoms with Crippen molar-refractivity contribution in [2.45, 2.75) is 0 Å². The number of rotatable bonds is 4. The Morgan fingerprint density at radius 1 is 0.926 bits per heavy atom. The van der Waals surface area contributed by atoms with E-state index in [0.29, 0.717) is 17.2 Å². The maximum atomic E-state index is 11.1. The van der Waals surface area contributed by atoms with Gasteiger partial charge in [-0.15, -0.1) is 0 Å². The Balaban J connectivity index is 1.84. The number of fused-ring (bicyclic) bond motifs is 1. The lowest BCUT2D eigenvalue weighted by atomic mass is 10.1. The van der Waals surface area contributed by atoms with Gasteiger partial charge in [0.05, 0.1) is 10.4 Å². The van der Waals surface area contributed by atoms with E-state index in [4.69, 9.17) is 0 Å². The molecule has 0 aliphatic rings. The number of nitro benzene ring substituents is 1. The van der Waals surface area contributed by atoms with Gasteiger partial charge in [-0.1, -0.05) is 24.3 Å². The standard InChI is InChI=1S/C20H13IN4O2/c21-14-8-10-15(11-9-14)22-20-17-6-1-2-7-18(17)23-19(24-20)13-4-3-5-16(12-13)25(26)27/h1-12H,(H,22,23,24). The third-order valence-electron chi connectivity index (χ3n) is 4.03. The summed E-state index contributed by atoms with van der Waals surface area (Å²) in [5.41, 5.74) is 2.28. The summed E-state index contributed by atoms with van der Waals surface area (Å²) in [6.45, 7) is 0. The van der Waals surface area contributed by atoms with Crippen molar-refractivity contribution in [1.82, 2.24) is 9.97 Å². The van der Waals surface area contributed by atoms with Gasteiger partial charge in [-0.25, -0.2) is 9.97 Å². The molecule has 0 unspecified atom stereocenters. The molecule has 0 aliphatic heterocycles. The van der Waals surface area contributed by atoms with Crippen molar-refractivity contribution in [2.75, 3.05) is 5.32 Å². The number of para-hydroxylation sites is 1. The van der Waals surface area contributed by atoms with E-state index in [1.807, 2.05) is 48.5 Å². The molecule has 0 saturated carbocycles. The van der Waals surface area contributed by atoms with Gasteiger partial charge in [0.15, 0.2) is 5.82 Å². The average Bonchev–Trinajstić information content (AvgIpc) is 2.69. The van der Waals surface area contributed by atoms with Crippen molar-refractivity contribution in [3.63, 3.8) is 0 Å². The molecule has 7 heteroatoms. The van der Waals surface area contributed by atoms with E-state index in [0.717, 1.165) is 20.2 Å². The van der Waals surface area contributed by atoms with Crippen LogP contribution in [0, 0.1) is 13.7 Å². The molecule has 0 atom stereocenters. The van der Waals surface area contributed by atoms with E-state index in [2.05, 4.69) is 37.9 Å². The predicted molar refractivity (Wildman–Crippen MR) is 114 cm³/mol. The highest BCUT2D eigenvalue weighted by Gasteiger charge is 2.13. The van der Waals surface area contributed by atoms with Crippen molar-refractivity contribution in [2.24, 2.45) is 0 Å². The smallest absolute Gasteiger partial charge is 0.270 e. The SMILES string of the molecule is O=[N+]([O-])c1cccc(-c2nc(Nc3ccc(I)cc3)c3ccccc3n2)c1. The van der Waals surface area contributed by atoms with Crippen LogP contribution in [0.1, 0.15) is 0 Å². The lowest BCUT2D eigenvalue weighted by molar-refractivity contribution is -0.384. The van der Waals surface area contributed by atoms with Gasteiger partial charge in [-0.2, -0.15) is 0 Å². The molecule has 0 amide bonds. The van der Waals surface area contributed by atoms with Gasteiger partial charge >= 0.3 is 0 Å². The maximum absolute atomic E-state index is 11.1. The maximum Gasteiger partial charge on any atom is 0.270 e. The highest BCUT2D eigenvalue weighted by atomic mass is 127. The van der Waals surface area contributed by atoms with Crippen LogP contribution < -0.4 is 5.32 Å². The second kappa shape index (κ2) is 7.28. The summed E-state index contributed by atoms with van der Waals surface area (Å²) in [7, 11) is 0. The quantitative estimate of drug-likeness (QED) is 0.241. The summed E-state index contributed by atoms with van der Waals surface area (Å²) in [4.78, 5) is 19.9. The monoisotopic (exact) mass is 468 g/mol. The molecule has 3 aromatic carbocycles. The first kappa shape index (κ1) is 17.3. The van der Waals surface area contributed by atoms with Crippen molar-refractivity contribution in [3.8, 4) is 11.4 Å². The van der Waals surface area contributed by atoms with Gasteiger partial charge in [0, 0.05) is 32.3 Å². The second-order valence-corrected chi connectivity index (χ2v) is 7.10. The molecule has 1 aromatic heterocycles. The molecule has 4 aromatic rings. The normalized spacial score (nSPS) is 10.7. The fraction of sp³-hybridized carbons (Fsp3) is 0. The minimum atomic E-state index is -0.421. The molecule has 0 bridgehead atoms. The van der Waals surface area contributed by atoms with Gasteiger partial charge in [-0.05, 0) is 59.0 Å². The van der Waals surface area contributed by atoms with E-state index >= 15 is 0 Å². The molecule has 1 heterocycles. The number of anilines is 2. The fourth-order valence-corrected chi connectivity index (χ4v) is 3.09. The van der Waals surface area contributed by atoms with Crippen LogP contribution in [-0.2, 0) is 0 Å². The van der Waals surface area contributed by atoms with Crippen LogP contribution >= 0.6 is 22.6 Å². The Kier molecular flexibility index (Phi) is 4.68. The first-order valence-corrected chi connectivity index (χ1v) is 9.22. The number of nitro groups is 1. The number of nitrogens with one attached hydrogen (secondary N) is 1. The van der Waals surface area contributed by atoms with Crippen LogP contribution in [-0.4, -0.2) is 14.9 Å². The topological polar surface area (TPSA) is 81.0 Å². The van der Waals surface area contributed by atoms with Crippen LogP contribution in [0.4, 0.5) is 17.2 Å². The molecule has 0 aliphatic carbocycles. The van der Waals surface area contributed by atoms with E-state index in [1.165, 1.54) is 12.1 Å². The summed E-state index contributed by atoms with van der Waals surface area (Å²) >= 11 is 2.25. The van der Waals surface area contributed by atoms with Crippen molar-refractivity contribution in [1.29, 1.82) is 0 Å².